The Labute approximate surface area is 118 Å². The van der Waals surface area contributed by atoms with E-state index in [9.17, 15) is 4.79 Å². The standard InChI is InChI=1S/C14H8BrNO3/c15-11-3-1-2-4-13(11)19-12-6-5-9(14(17)18)7-10(12)8-16/h1-7H,(H,17,18). The molecule has 0 aliphatic carbocycles. The Bertz CT molecular complexity index is 677. The van der Waals surface area contributed by atoms with E-state index in [0.29, 0.717) is 11.5 Å². The maximum Gasteiger partial charge on any atom is 0.335 e. The van der Waals surface area contributed by atoms with Gasteiger partial charge in [0.15, 0.2) is 0 Å². The lowest BCUT2D eigenvalue weighted by Gasteiger charge is -2.09. The van der Waals surface area contributed by atoms with Gasteiger partial charge in [-0.2, -0.15) is 5.26 Å². The van der Waals surface area contributed by atoms with Crippen LogP contribution in [0, 0.1) is 11.3 Å². The molecule has 0 radical (unpaired) electrons. The van der Waals surface area contributed by atoms with Crippen molar-refractivity contribution in [1.82, 2.24) is 0 Å². The summed E-state index contributed by atoms with van der Waals surface area (Å²) in [6.07, 6.45) is 0. The molecule has 5 heteroatoms. The number of carboxylic acid groups (broad SMARTS) is 1. The molecule has 0 heterocycles. The SMILES string of the molecule is N#Cc1cc(C(=O)O)ccc1Oc1ccccc1Br. The third-order valence-electron chi connectivity index (χ3n) is 2.40. The van der Waals surface area contributed by atoms with Gasteiger partial charge >= 0.3 is 5.97 Å². The summed E-state index contributed by atoms with van der Waals surface area (Å²) in [5, 5.41) is 17.9. The van der Waals surface area contributed by atoms with Crippen LogP contribution >= 0.6 is 15.9 Å². The van der Waals surface area contributed by atoms with Gasteiger partial charge in [0.1, 0.15) is 17.6 Å². The molecule has 19 heavy (non-hydrogen) atoms. The van der Waals surface area contributed by atoms with E-state index < -0.39 is 5.97 Å². The average Bonchev–Trinajstić information content (AvgIpc) is 2.41. The van der Waals surface area contributed by atoms with E-state index in [4.69, 9.17) is 15.1 Å². The van der Waals surface area contributed by atoms with Crippen LogP contribution in [-0.4, -0.2) is 11.1 Å². The summed E-state index contributed by atoms with van der Waals surface area (Å²) in [5.41, 5.74) is 0.228. The summed E-state index contributed by atoms with van der Waals surface area (Å²) in [6, 6.07) is 13.3. The third kappa shape index (κ3) is 2.92. The van der Waals surface area contributed by atoms with E-state index >= 15 is 0 Å². The van der Waals surface area contributed by atoms with Crippen LogP contribution in [-0.2, 0) is 0 Å². The largest absolute Gasteiger partial charge is 0.478 e. The van der Waals surface area contributed by atoms with Crippen molar-refractivity contribution in [2.45, 2.75) is 0 Å². The van der Waals surface area contributed by atoms with Crippen LogP contribution in [0.5, 0.6) is 11.5 Å². The van der Waals surface area contributed by atoms with Gasteiger partial charge in [0, 0.05) is 0 Å². The van der Waals surface area contributed by atoms with E-state index in [2.05, 4.69) is 15.9 Å². The molecule has 2 aromatic carbocycles. The van der Waals surface area contributed by atoms with Gasteiger partial charge in [0.25, 0.3) is 0 Å². The van der Waals surface area contributed by atoms with E-state index in [1.807, 2.05) is 18.2 Å². The highest BCUT2D eigenvalue weighted by molar-refractivity contribution is 9.10. The summed E-state index contributed by atoms with van der Waals surface area (Å²) in [4.78, 5) is 10.8. The van der Waals surface area contributed by atoms with Crippen LogP contribution in [0.4, 0.5) is 0 Å². The highest BCUT2D eigenvalue weighted by atomic mass is 79.9. The van der Waals surface area contributed by atoms with Gasteiger partial charge in [-0.15, -0.1) is 0 Å². The van der Waals surface area contributed by atoms with Crippen LogP contribution < -0.4 is 4.74 Å². The summed E-state index contributed by atoms with van der Waals surface area (Å²) >= 11 is 3.34. The van der Waals surface area contributed by atoms with Crippen LogP contribution in [0.25, 0.3) is 0 Å². The Morgan fingerprint density at radius 2 is 1.95 bits per heavy atom. The number of carbonyl (C=O) groups is 1. The fourth-order valence-electron chi connectivity index (χ4n) is 1.49. The Morgan fingerprint density at radius 3 is 2.58 bits per heavy atom. The van der Waals surface area contributed by atoms with Crippen molar-refractivity contribution in [3.63, 3.8) is 0 Å². The minimum absolute atomic E-state index is 0.0519. The zero-order chi connectivity index (χ0) is 13.8. The normalized spacial score (nSPS) is 9.68. The number of hydrogen-bond acceptors (Lipinski definition) is 3. The molecule has 2 rings (SSSR count). The number of nitriles is 1. The number of rotatable bonds is 3. The molecule has 0 atom stereocenters. The van der Waals surface area contributed by atoms with Gasteiger partial charge in [0.2, 0.25) is 0 Å². The van der Waals surface area contributed by atoms with Gasteiger partial charge in [0.05, 0.1) is 15.6 Å². The molecule has 2 aromatic rings. The Hall–Kier alpha value is -2.32. The second-order valence-corrected chi connectivity index (χ2v) is 4.51. The predicted octanol–water partition coefficient (Wildman–Crippen LogP) is 3.81. The summed E-state index contributed by atoms with van der Waals surface area (Å²) in [6.45, 7) is 0. The molecule has 0 saturated heterocycles. The Kier molecular flexibility index (Phi) is 3.83. The smallest absolute Gasteiger partial charge is 0.335 e. The zero-order valence-electron chi connectivity index (χ0n) is 9.63. The first-order valence-electron chi connectivity index (χ1n) is 5.31. The molecular formula is C14H8BrNO3. The van der Waals surface area contributed by atoms with Crippen molar-refractivity contribution in [2.24, 2.45) is 0 Å². The molecule has 0 aromatic heterocycles. The number of benzene rings is 2. The molecule has 0 aliphatic rings. The number of aromatic carboxylic acids is 1. The molecule has 0 amide bonds. The maximum absolute atomic E-state index is 10.8. The van der Waals surface area contributed by atoms with Crippen molar-refractivity contribution in [2.75, 3.05) is 0 Å². The average molecular weight is 318 g/mol. The number of nitrogens with zero attached hydrogens (tertiary/aromatic N) is 1. The van der Waals surface area contributed by atoms with Crippen molar-refractivity contribution in [1.29, 1.82) is 5.26 Å². The highest BCUT2D eigenvalue weighted by Gasteiger charge is 2.11. The first-order valence-corrected chi connectivity index (χ1v) is 6.11. The number of ether oxygens (including phenoxy) is 1. The lowest BCUT2D eigenvalue weighted by molar-refractivity contribution is 0.0697. The van der Waals surface area contributed by atoms with E-state index in [0.717, 1.165) is 4.47 Å². The molecular weight excluding hydrogens is 310 g/mol. The molecule has 4 nitrogen and oxygen atoms in total. The van der Waals surface area contributed by atoms with Crippen LogP contribution in [0.2, 0.25) is 0 Å². The molecule has 94 valence electrons. The van der Waals surface area contributed by atoms with Gasteiger partial charge in [-0.1, -0.05) is 12.1 Å². The minimum Gasteiger partial charge on any atom is -0.478 e. The fourth-order valence-corrected chi connectivity index (χ4v) is 1.85. The van der Waals surface area contributed by atoms with Crippen LogP contribution in [0.1, 0.15) is 15.9 Å². The van der Waals surface area contributed by atoms with Crippen LogP contribution in [0.3, 0.4) is 0 Å². The molecule has 1 N–H and O–H groups in total. The second-order valence-electron chi connectivity index (χ2n) is 3.66. The third-order valence-corrected chi connectivity index (χ3v) is 3.06. The number of hydrogen-bond donors (Lipinski definition) is 1. The summed E-state index contributed by atoms with van der Waals surface area (Å²) in [7, 11) is 0. The molecule has 0 aliphatic heterocycles. The first kappa shape index (κ1) is 13.1. The quantitative estimate of drug-likeness (QED) is 0.934. The number of carboxylic acids is 1. The van der Waals surface area contributed by atoms with E-state index in [1.165, 1.54) is 18.2 Å². The molecule has 0 saturated carbocycles. The van der Waals surface area contributed by atoms with Gasteiger partial charge < -0.3 is 9.84 Å². The summed E-state index contributed by atoms with van der Waals surface area (Å²) < 4.78 is 6.35. The number of para-hydroxylation sites is 1. The second kappa shape index (κ2) is 5.55. The predicted molar refractivity (Wildman–Crippen MR) is 72.3 cm³/mol. The van der Waals surface area contributed by atoms with E-state index in [1.54, 1.807) is 12.1 Å². The topological polar surface area (TPSA) is 70.3 Å². The Balaban J connectivity index is 2.39. The molecule has 0 spiro atoms. The fraction of sp³-hybridized carbons (Fsp3) is 0. The minimum atomic E-state index is -1.08. The van der Waals surface area contributed by atoms with Crippen molar-refractivity contribution >= 4 is 21.9 Å². The maximum atomic E-state index is 10.8. The van der Waals surface area contributed by atoms with Gasteiger partial charge in [-0.3, -0.25) is 0 Å². The first-order chi connectivity index (χ1) is 9.11. The van der Waals surface area contributed by atoms with Gasteiger partial charge in [-0.05, 0) is 46.3 Å². The summed E-state index contributed by atoms with van der Waals surface area (Å²) in [5.74, 6) is -0.203. The molecule has 0 bridgehead atoms. The van der Waals surface area contributed by atoms with E-state index in [-0.39, 0.29) is 11.1 Å². The molecule has 0 unspecified atom stereocenters. The van der Waals surface area contributed by atoms with Crippen molar-refractivity contribution in [3.8, 4) is 17.6 Å². The zero-order valence-corrected chi connectivity index (χ0v) is 11.2. The van der Waals surface area contributed by atoms with Gasteiger partial charge in [-0.25, -0.2) is 4.79 Å². The molecule has 0 fully saturated rings. The lowest BCUT2D eigenvalue weighted by Crippen LogP contribution is -1.98. The number of halogens is 1. The lowest BCUT2D eigenvalue weighted by atomic mass is 10.1. The monoisotopic (exact) mass is 317 g/mol. The Morgan fingerprint density at radius 1 is 1.21 bits per heavy atom. The van der Waals surface area contributed by atoms with Crippen molar-refractivity contribution in [3.05, 3.63) is 58.1 Å². The van der Waals surface area contributed by atoms with Crippen molar-refractivity contribution < 1.29 is 14.6 Å². The highest BCUT2D eigenvalue weighted by Crippen LogP contribution is 2.31. The van der Waals surface area contributed by atoms with Crippen LogP contribution in [0.15, 0.2) is 46.9 Å².